The average Bonchev–Trinajstić information content (AvgIpc) is 2.60. The molecular formula is C20H26BNO6S. The Balaban J connectivity index is 2.12. The molecule has 2 aromatic rings. The summed E-state index contributed by atoms with van der Waals surface area (Å²) in [6, 6.07) is 15.0. The molecule has 0 aromatic heterocycles. The fourth-order valence-electron chi connectivity index (χ4n) is 2.69. The molecule has 0 aliphatic carbocycles. The number of sulfonamides is 1. The van der Waals surface area contributed by atoms with E-state index in [0.29, 0.717) is 16.7 Å². The number of carbonyl (C=O) groups is 1. The topological polar surface area (TPSA) is 113 Å². The number of carbonyl (C=O) groups excluding carboxylic acids is 1. The predicted octanol–water partition coefficient (Wildman–Crippen LogP) is 1.68. The first kappa shape index (κ1) is 23.1. The van der Waals surface area contributed by atoms with Gasteiger partial charge < -0.3 is 14.8 Å². The van der Waals surface area contributed by atoms with Crippen molar-refractivity contribution in [3.05, 3.63) is 71.3 Å². The number of hydrogen-bond donors (Lipinski definition) is 3. The standard InChI is InChI=1S/C20H26BNO6S/c1-20(2,3)28-19(23)17-11-7-10-16(12-17)13-18(21(24)25)22-29(26,27)14-15-8-5-4-6-9-15/h4-12,18,22,24-25H,13-14H2,1-3H3/t18-/m0/s1. The predicted molar refractivity (Wildman–Crippen MR) is 111 cm³/mol. The Labute approximate surface area is 171 Å². The number of rotatable bonds is 8. The Morgan fingerprint density at radius 1 is 1.07 bits per heavy atom. The number of esters is 1. The van der Waals surface area contributed by atoms with Gasteiger partial charge in [0.1, 0.15) is 5.60 Å². The van der Waals surface area contributed by atoms with E-state index >= 15 is 0 Å². The summed E-state index contributed by atoms with van der Waals surface area (Å²) < 4.78 is 32.5. The van der Waals surface area contributed by atoms with Gasteiger partial charge in [-0.2, -0.15) is 0 Å². The van der Waals surface area contributed by atoms with Gasteiger partial charge in [-0.25, -0.2) is 17.9 Å². The maximum Gasteiger partial charge on any atom is 0.471 e. The SMILES string of the molecule is CC(C)(C)OC(=O)c1cccc(C[C@H](NS(=O)(=O)Cc2ccccc2)B(O)O)c1. The molecule has 0 radical (unpaired) electrons. The lowest BCUT2D eigenvalue weighted by Crippen LogP contribution is -2.48. The van der Waals surface area contributed by atoms with Crippen LogP contribution in [0.25, 0.3) is 0 Å². The summed E-state index contributed by atoms with van der Waals surface area (Å²) in [5, 5.41) is 19.3. The minimum Gasteiger partial charge on any atom is -0.456 e. The minimum atomic E-state index is -3.81. The first-order chi connectivity index (χ1) is 13.5. The van der Waals surface area contributed by atoms with Crippen LogP contribution in [0.4, 0.5) is 0 Å². The largest absolute Gasteiger partial charge is 0.471 e. The van der Waals surface area contributed by atoms with Crippen molar-refractivity contribution in [2.24, 2.45) is 0 Å². The lowest BCUT2D eigenvalue weighted by Gasteiger charge is -2.20. The van der Waals surface area contributed by atoms with E-state index in [4.69, 9.17) is 4.74 Å². The Kier molecular flexibility index (Phi) is 7.59. The molecule has 0 aliphatic heterocycles. The molecule has 0 aliphatic rings. The molecule has 1 atom stereocenters. The van der Waals surface area contributed by atoms with E-state index in [1.165, 1.54) is 0 Å². The number of benzene rings is 2. The van der Waals surface area contributed by atoms with Crippen molar-refractivity contribution in [3.8, 4) is 0 Å². The molecule has 2 aromatic carbocycles. The zero-order valence-electron chi connectivity index (χ0n) is 16.7. The summed E-state index contributed by atoms with van der Waals surface area (Å²) in [7, 11) is -5.72. The molecule has 0 unspecified atom stereocenters. The normalized spacial score (nSPS) is 13.0. The highest BCUT2D eigenvalue weighted by atomic mass is 32.2. The van der Waals surface area contributed by atoms with Gasteiger partial charge in [-0.05, 0) is 50.5 Å². The number of hydrogen-bond acceptors (Lipinski definition) is 6. The minimum absolute atomic E-state index is 0.0116. The number of ether oxygens (including phenoxy) is 1. The molecule has 0 heterocycles. The van der Waals surface area contributed by atoms with E-state index < -0.39 is 34.7 Å². The van der Waals surface area contributed by atoms with Gasteiger partial charge in [0.15, 0.2) is 0 Å². The molecule has 7 nitrogen and oxygen atoms in total. The second kappa shape index (κ2) is 9.54. The van der Waals surface area contributed by atoms with Crippen molar-refractivity contribution in [2.75, 3.05) is 0 Å². The maximum absolute atomic E-state index is 12.4. The molecular weight excluding hydrogens is 393 g/mol. The Hall–Kier alpha value is -2.20. The van der Waals surface area contributed by atoms with Crippen LogP contribution >= 0.6 is 0 Å². The third-order valence-corrected chi connectivity index (χ3v) is 5.28. The molecule has 29 heavy (non-hydrogen) atoms. The zero-order valence-corrected chi connectivity index (χ0v) is 17.5. The summed E-state index contributed by atoms with van der Waals surface area (Å²) >= 11 is 0. The van der Waals surface area contributed by atoms with E-state index in [9.17, 15) is 23.3 Å². The quantitative estimate of drug-likeness (QED) is 0.443. The molecule has 3 N–H and O–H groups in total. The molecule has 9 heteroatoms. The van der Waals surface area contributed by atoms with E-state index in [0.717, 1.165) is 0 Å². The third-order valence-electron chi connectivity index (χ3n) is 3.91. The fraction of sp³-hybridized carbons (Fsp3) is 0.350. The van der Waals surface area contributed by atoms with Gasteiger partial charge in [0.2, 0.25) is 10.0 Å². The van der Waals surface area contributed by atoms with Crippen molar-refractivity contribution in [2.45, 2.75) is 44.5 Å². The van der Waals surface area contributed by atoms with Gasteiger partial charge in [-0.15, -0.1) is 0 Å². The molecule has 0 fully saturated rings. The molecule has 0 spiro atoms. The summed E-state index contributed by atoms with van der Waals surface area (Å²) in [6.07, 6.45) is -0.0116. The highest BCUT2D eigenvalue weighted by Crippen LogP contribution is 2.15. The first-order valence-corrected chi connectivity index (χ1v) is 10.8. The van der Waals surface area contributed by atoms with Gasteiger partial charge in [0.05, 0.1) is 17.3 Å². The van der Waals surface area contributed by atoms with Crippen molar-refractivity contribution >= 4 is 23.1 Å². The van der Waals surface area contributed by atoms with Crippen LogP contribution < -0.4 is 4.72 Å². The Morgan fingerprint density at radius 3 is 2.28 bits per heavy atom. The Bertz CT molecular complexity index is 925. The highest BCUT2D eigenvalue weighted by molar-refractivity contribution is 7.88. The van der Waals surface area contributed by atoms with Crippen molar-refractivity contribution < 1.29 is 28.0 Å². The van der Waals surface area contributed by atoms with E-state index in [1.807, 2.05) is 0 Å². The second-order valence-corrected chi connectivity index (χ2v) is 9.54. The van der Waals surface area contributed by atoms with E-state index in [1.54, 1.807) is 75.4 Å². The van der Waals surface area contributed by atoms with Crippen LogP contribution in [0.2, 0.25) is 0 Å². The van der Waals surface area contributed by atoms with Crippen molar-refractivity contribution in [3.63, 3.8) is 0 Å². The second-order valence-electron chi connectivity index (χ2n) is 7.79. The maximum atomic E-state index is 12.4. The van der Waals surface area contributed by atoms with Gasteiger partial charge in [0, 0.05) is 0 Å². The van der Waals surface area contributed by atoms with Crippen LogP contribution in [0.5, 0.6) is 0 Å². The molecule has 0 saturated carbocycles. The molecule has 0 saturated heterocycles. The van der Waals surface area contributed by atoms with Crippen LogP contribution in [-0.2, 0) is 26.9 Å². The molecule has 2 rings (SSSR count). The third kappa shape index (κ3) is 7.98. The van der Waals surface area contributed by atoms with Gasteiger partial charge in [-0.1, -0.05) is 42.5 Å². The molecule has 156 valence electrons. The highest BCUT2D eigenvalue weighted by Gasteiger charge is 2.29. The van der Waals surface area contributed by atoms with Crippen molar-refractivity contribution in [1.82, 2.24) is 4.72 Å². The smallest absolute Gasteiger partial charge is 0.456 e. The van der Waals surface area contributed by atoms with Gasteiger partial charge in [-0.3, -0.25) is 0 Å². The average molecular weight is 419 g/mol. The van der Waals surface area contributed by atoms with Gasteiger partial charge in [0.25, 0.3) is 0 Å². The fourth-order valence-corrected chi connectivity index (χ4v) is 4.07. The van der Waals surface area contributed by atoms with Crippen LogP contribution in [0, 0.1) is 0 Å². The van der Waals surface area contributed by atoms with Crippen LogP contribution in [0.15, 0.2) is 54.6 Å². The van der Waals surface area contributed by atoms with Crippen molar-refractivity contribution in [1.29, 1.82) is 0 Å². The van der Waals surface area contributed by atoms with Crippen LogP contribution in [-0.4, -0.2) is 43.1 Å². The van der Waals surface area contributed by atoms with E-state index in [-0.39, 0.29) is 12.2 Å². The summed E-state index contributed by atoms with van der Waals surface area (Å²) in [6.45, 7) is 5.28. The monoisotopic (exact) mass is 419 g/mol. The lowest BCUT2D eigenvalue weighted by molar-refractivity contribution is 0.00693. The molecule has 0 amide bonds. The van der Waals surface area contributed by atoms with Crippen LogP contribution in [0.1, 0.15) is 42.3 Å². The summed E-state index contributed by atoms with van der Waals surface area (Å²) in [4.78, 5) is 12.2. The van der Waals surface area contributed by atoms with Crippen LogP contribution in [0.3, 0.4) is 0 Å². The summed E-state index contributed by atoms with van der Waals surface area (Å²) in [5.41, 5.74) is 0.798. The zero-order chi connectivity index (χ0) is 21.7. The first-order valence-electron chi connectivity index (χ1n) is 9.17. The van der Waals surface area contributed by atoms with Gasteiger partial charge >= 0.3 is 13.1 Å². The lowest BCUT2D eigenvalue weighted by atomic mass is 9.76. The Morgan fingerprint density at radius 2 is 1.69 bits per heavy atom. The summed E-state index contributed by atoms with van der Waals surface area (Å²) in [5.74, 6) is -1.96. The molecule has 0 bridgehead atoms. The van der Waals surface area contributed by atoms with E-state index in [2.05, 4.69) is 4.72 Å². The number of nitrogens with one attached hydrogen (secondary N) is 1.